The Bertz CT molecular complexity index is 751. The summed E-state index contributed by atoms with van der Waals surface area (Å²) in [4.78, 5) is 1.76. The fourth-order valence-electron chi connectivity index (χ4n) is 2.02. The van der Waals surface area contributed by atoms with Crippen molar-refractivity contribution in [1.29, 1.82) is 0 Å². The van der Waals surface area contributed by atoms with Crippen LogP contribution in [-0.2, 0) is 0 Å². The first-order valence-electron chi connectivity index (χ1n) is 6.52. The lowest BCUT2D eigenvalue weighted by Gasteiger charge is -2.04. The van der Waals surface area contributed by atoms with Crippen LogP contribution in [0.5, 0.6) is 5.88 Å². The molecule has 0 unspecified atom stereocenters. The minimum Gasteiger partial charge on any atom is -0.492 e. The smallest absolute Gasteiger partial charge is 0.228 e. The number of aryl methyl sites for hydroxylation is 1. The lowest BCUT2D eigenvalue weighted by atomic mass is 10.3. The summed E-state index contributed by atoms with van der Waals surface area (Å²) in [6.45, 7) is 1.89. The summed E-state index contributed by atoms with van der Waals surface area (Å²) in [5.41, 5.74) is 8.03. The van der Waals surface area contributed by atoms with Gasteiger partial charge in [-0.3, -0.25) is 0 Å². The molecule has 1 aromatic heterocycles. The van der Waals surface area contributed by atoms with Gasteiger partial charge in [0.2, 0.25) is 5.88 Å². The maximum atomic E-state index is 10.4. The van der Waals surface area contributed by atoms with Gasteiger partial charge in [-0.2, -0.15) is 9.78 Å². The number of aromatic hydroxyl groups is 1. The highest BCUT2D eigenvalue weighted by Crippen LogP contribution is 2.38. The topological polar surface area (TPSA) is 64.1 Å². The molecule has 2 aromatic carbocycles. The fraction of sp³-hybridized carbons (Fsp3) is 0.0625. The van der Waals surface area contributed by atoms with Gasteiger partial charge in [0.05, 0.1) is 16.3 Å². The molecule has 21 heavy (non-hydrogen) atoms. The zero-order chi connectivity index (χ0) is 14.8. The quantitative estimate of drug-likeness (QED) is 0.725. The lowest BCUT2D eigenvalue weighted by Crippen LogP contribution is -1.95. The minimum absolute atomic E-state index is 0.153. The predicted octanol–water partition coefficient (Wildman–Crippen LogP) is 3.62. The number of hydrogen-bond acceptors (Lipinski definition) is 4. The van der Waals surface area contributed by atoms with Crippen LogP contribution in [-0.4, -0.2) is 14.9 Å². The Morgan fingerprint density at radius 2 is 1.71 bits per heavy atom. The van der Waals surface area contributed by atoms with Crippen molar-refractivity contribution >= 4 is 17.4 Å². The van der Waals surface area contributed by atoms with Crippen molar-refractivity contribution in [3.8, 4) is 11.6 Å². The molecule has 4 nitrogen and oxygen atoms in total. The minimum atomic E-state index is 0.153. The molecule has 0 aliphatic rings. The Kier molecular flexibility index (Phi) is 3.58. The standard InChI is InChI=1S/C16H15N3OS/c1-11-15(21-14-9-7-12(17)8-10-14)16(20)19(18-11)13-5-3-2-4-6-13/h2-10,20H,17H2,1H3. The van der Waals surface area contributed by atoms with Gasteiger partial charge in [-0.05, 0) is 43.3 Å². The fourth-order valence-corrected chi connectivity index (χ4v) is 2.90. The molecule has 0 aliphatic heterocycles. The molecule has 5 heteroatoms. The number of nitrogens with zero attached hydrogens (tertiary/aromatic N) is 2. The van der Waals surface area contributed by atoms with Crippen molar-refractivity contribution in [1.82, 2.24) is 9.78 Å². The Morgan fingerprint density at radius 3 is 2.38 bits per heavy atom. The zero-order valence-corrected chi connectivity index (χ0v) is 12.3. The first-order chi connectivity index (χ1) is 10.1. The SMILES string of the molecule is Cc1nn(-c2ccccc2)c(O)c1Sc1ccc(N)cc1. The van der Waals surface area contributed by atoms with Gasteiger partial charge in [0, 0.05) is 10.6 Å². The normalized spacial score (nSPS) is 10.7. The highest BCUT2D eigenvalue weighted by atomic mass is 32.2. The molecule has 0 radical (unpaired) electrons. The second-order valence-corrected chi connectivity index (χ2v) is 5.74. The highest BCUT2D eigenvalue weighted by Gasteiger charge is 2.16. The van der Waals surface area contributed by atoms with Crippen LogP contribution >= 0.6 is 11.8 Å². The van der Waals surface area contributed by atoms with E-state index in [4.69, 9.17) is 5.73 Å². The van der Waals surface area contributed by atoms with E-state index in [1.165, 1.54) is 11.8 Å². The summed E-state index contributed by atoms with van der Waals surface area (Å²) in [6, 6.07) is 17.1. The summed E-state index contributed by atoms with van der Waals surface area (Å²) in [6.07, 6.45) is 0. The molecule has 3 rings (SSSR count). The predicted molar refractivity (Wildman–Crippen MR) is 84.9 cm³/mol. The van der Waals surface area contributed by atoms with Gasteiger partial charge in [0.25, 0.3) is 0 Å². The van der Waals surface area contributed by atoms with Crippen LogP contribution in [0.3, 0.4) is 0 Å². The zero-order valence-electron chi connectivity index (χ0n) is 11.5. The lowest BCUT2D eigenvalue weighted by molar-refractivity contribution is 0.423. The molecule has 1 heterocycles. The number of para-hydroxylation sites is 1. The molecule has 0 saturated carbocycles. The van der Waals surface area contributed by atoms with Crippen molar-refractivity contribution in [2.75, 3.05) is 5.73 Å². The van der Waals surface area contributed by atoms with E-state index < -0.39 is 0 Å². The first kappa shape index (κ1) is 13.6. The molecule has 106 valence electrons. The van der Waals surface area contributed by atoms with Crippen LogP contribution in [0.25, 0.3) is 5.69 Å². The number of nitrogens with two attached hydrogens (primary N) is 1. The van der Waals surface area contributed by atoms with E-state index in [-0.39, 0.29) is 5.88 Å². The molecule has 0 fully saturated rings. The summed E-state index contributed by atoms with van der Waals surface area (Å²) in [5.74, 6) is 0.153. The molecular weight excluding hydrogens is 282 g/mol. The third kappa shape index (κ3) is 2.73. The summed E-state index contributed by atoms with van der Waals surface area (Å²) in [7, 11) is 0. The van der Waals surface area contributed by atoms with Gasteiger partial charge in [0.1, 0.15) is 0 Å². The van der Waals surface area contributed by atoms with Crippen LogP contribution < -0.4 is 5.73 Å². The first-order valence-corrected chi connectivity index (χ1v) is 7.34. The van der Waals surface area contributed by atoms with E-state index in [1.54, 1.807) is 4.68 Å². The number of benzene rings is 2. The largest absolute Gasteiger partial charge is 0.492 e. The second-order valence-electron chi connectivity index (χ2n) is 4.66. The van der Waals surface area contributed by atoms with Crippen LogP contribution in [0, 0.1) is 6.92 Å². The molecule has 0 bridgehead atoms. The molecule has 0 spiro atoms. The average molecular weight is 297 g/mol. The monoisotopic (exact) mass is 297 g/mol. The number of anilines is 1. The van der Waals surface area contributed by atoms with Crippen LogP contribution in [0.4, 0.5) is 5.69 Å². The van der Waals surface area contributed by atoms with E-state index >= 15 is 0 Å². The summed E-state index contributed by atoms with van der Waals surface area (Å²) in [5, 5.41) is 14.8. The Balaban J connectivity index is 1.97. The molecular formula is C16H15N3OS. The van der Waals surface area contributed by atoms with Crippen LogP contribution in [0.1, 0.15) is 5.69 Å². The second kappa shape index (κ2) is 5.54. The van der Waals surface area contributed by atoms with Crippen molar-refractivity contribution in [2.24, 2.45) is 0 Å². The number of aromatic nitrogens is 2. The summed E-state index contributed by atoms with van der Waals surface area (Å²) >= 11 is 1.48. The van der Waals surface area contributed by atoms with E-state index in [2.05, 4.69) is 5.10 Å². The van der Waals surface area contributed by atoms with Crippen molar-refractivity contribution in [3.05, 3.63) is 60.3 Å². The molecule has 0 atom stereocenters. The third-order valence-corrected chi connectivity index (χ3v) is 4.27. The molecule has 0 amide bonds. The van der Waals surface area contributed by atoms with E-state index in [0.29, 0.717) is 0 Å². The third-order valence-electron chi connectivity index (χ3n) is 3.08. The number of hydrogen-bond donors (Lipinski definition) is 2. The van der Waals surface area contributed by atoms with E-state index in [0.717, 1.165) is 26.9 Å². The maximum Gasteiger partial charge on any atom is 0.228 e. The maximum absolute atomic E-state index is 10.4. The van der Waals surface area contributed by atoms with Gasteiger partial charge in [-0.25, -0.2) is 0 Å². The highest BCUT2D eigenvalue weighted by molar-refractivity contribution is 7.99. The van der Waals surface area contributed by atoms with Crippen molar-refractivity contribution in [2.45, 2.75) is 16.7 Å². The Labute approximate surface area is 127 Å². The van der Waals surface area contributed by atoms with Crippen LogP contribution in [0.15, 0.2) is 64.4 Å². The van der Waals surface area contributed by atoms with Gasteiger partial charge >= 0.3 is 0 Å². The van der Waals surface area contributed by atoms with E-state index in [9.17, 15) is 5.11 Å². The van der Waals surface area contributed by atoms with Gasteiger partial charge in [-0.15, -0.1) is 0 Å². The van der Waals surface area contributed by atoms with Gasteiger partial charge in [0.15, 0.2) is 0 Å². The average Bonchev–Trinajstić information content (AvgIpc) is 2.78. The number of rotatable bonds is 3. The molecule has 0 saturated heterocycles. The Morgan fingerprint density at radius 1 is 1.05 bits per heavy atom. The van der Waals surface area contributed by atoms with Crippen molar-refractivity contribution < 1.29 is 5.11 Å². The van der Waals surface area contributed by atoms with Gasteiger partial charge in [-0.1, -0.05) is 30.0 Å². The summed E-state index contributed by atoms with van der Waals surface area (Å²) < 4.78 is 1.55. The van der Waals surface area contributed by atoms with Crippen LogP contribution in [0.2, 0.25) is 0 Å². The molecule has 3 aromatic rings. The van der Waals surface area contributed by atoms with Crippen molar-refractivity contribution in [3.63, 3.8) is 0 Å². The Hall–Kier alpha value is -2.40. The number of nitrogen functional groups attached to an aromatic ring is 1. The molecule has 3 N–H and O–H groups in total. The molecule has 0 aliphatic carbocycles. The van der Waals surface area contributed by atoms with Gasteiger partial charge < -0.3 is 10.8 Å². The van der Waals surface area contributed by atoms with E-state index in [1.807, 2.05) is 61.5 Å².